The normalized spacial score (nSPS) is 16.1. The lowest BCUT2D eigenvalue weighted by atomic mass is 9.83. The SMILES string of the molecule is N#CC1(NC(=O)COC(=O)c2cccnc2SC(F)F)CCCCC1. The van der Waals surface area contributed by atoms with Crippen LogP contribution in [0, 0.1) is 11.3 Å². The van der Waals surface area contributed by atoms with Gasteiger partial charge in [-0.3, -0.25) is 4.79 Å². The number of ether oxygens (including phenoxy) is 1. The summed E-state index contributed by atoms with van der Waals surface area (Å²) >= 11 is 0.130. The standard InChI is InChI=1S/C16H17F2N3O3S/c17-15(18)25-13-11(5-4-8-20-13)14(23)24-9-12(22)21-16(10-19)6-2-1-3-7-16/h4-5,8,15H,1-3,6-7,9H2,(H,21,22). The van der Waals surface area contributed by atoms with Crippen molar-refractivity contribution in [3.05, 3.63) is 23.9 Å². The summed E-state index contributed by atoms with van der Waals surface area (Å²) in [6.45, 7) is -0.587. The number of nitriles is 1. The van der Waals surface area contributed by atoms with Crippen molar-refractivity contribution in [2.75, 3.05) is 6.61 Å². The average molecular weight is 369 g/mol. The Morgan fingerprint density at radius 3 is 2.76 bits per heavy atom. The highest BCUT2D eigenvalue weighted by Crippen LogP contribution is 2.28. The lowest BCUT2D eigenvalue weighted by Crippen LogP contribution is -2.50. The first-order valence-electron chi connectivity index (χ1n) is 7.75. The van der Waals surface area contributed by atoms with Crippen LogP contribution in [0.25, 0.3) is 0 Å². The van der Waals surface area contributed by atoms with E-state index in [-0.39, 0.29) is 22.4 Å². The van der Waals surface area contributed by atoms with E-state index in [1.165, 1.54) is 18.3 Å². The van der Waals surface area contributed by atoms with Crippen molar-refractivity contribution in [3.63, 3.8) is 0 Å². The summed E-state index contributed by atoms with van der Waals surface area (Å²) < 4.78 is 29.9. The molecule has 1 aliphatic carbocycles. The number of rotatable bonds is 6. The summed E-state index contributed by atoms with van der Waals surface area (Å²) in [5.74, 6) is -4.24. The van der Waals surface area contributed by atoms with Gasteiger partial charge in [-0.1, -0.05) is 19.3 Å². The molecule has 9 heteroatoms. The number of aromatic nitrogens is 1. The second-order valence-electron chi connectivity index (χ2n) is 5.61. The molecule has 0 bridgehead atoms. The highest BCUT2D eigenvalue weighted by Gasteiger charge is 2.33. The Bertz CT molecular complexity index is 673. The maximum absolute atomic E-state index is 12.5. The van der Waals surface area contributed by atoms with Crippen LogP contribution in [0.3, 0.4) is 0 Å². The van der Waals surface area contributed by atoms with Gasteiger partial charge in [0.25, 0.3) is 11.7 Å². The molecule has 1 aliphatic rings. The average Bonchev–Trinajstić information content (AvgIpc) is 2.60. The van der Waals surface area contributed by atoms with Crippen LogP contribution < -0.4 is 5.32 Å². The van der Waals surface area contributed by atoms with Crippen molar-refractivity contribution < 1.29 is 23.1 Å². The highest BCUT2D eigenvalue weighted by atomic mass is 32.2. The number of nitrogens with one attached hydrogen (secondary N) is 1. The quantitative estimate of drug-likeness (QED) is 0.612. The van der Waals surface area contributed by atoms with E-state index < -0.39 is 29.8 Å². The molecule has 1 amide bonds. The number of amides is 1. The third kappa shape index (κ3) is 5.39. The Morgan fingerprint density at radius 2 is 2.12 bits per heavy atom. The number of hydrogen-bond donors (Lipinski definition) is 1. The zero-order valence-electron chi connectivity index (χ0n) is 13.3. The predicted molar refractivity (Wildman–Crippen MR) is 86.0 cm³/mol. The predicted octanol–water partition coefficient (Wildman–Crippen LogP) is 2.90. The number of thioether (sulfide) groups is 1. The van der Waals surface area contributed by atoms with Gasteiger partial charge in [0.05, 0.1) is 11.6 Å². The minimum atomic E-state index is -2.73. The third-order valence-electron chi connectivity index (χ3n) is 3.83. The fourth-order valence-corrected chi connectivity index (χ4v) is 3.23. The minimum absolute atomic E-state index is 0.130. The van der Waals surface area contributed by atoms with Crippen LogP contribution in [0.5, 0.6) is 0 Å². The van der Waals surface area contributed by atoms with Crippen molar-refractivity contribution in [1.29, 1.82) is 5.26 Å². The van der Waals surface area contributed by atoms with E-state index in [0.29, 0.717) is 12.8 Å². The molecule has 0 unspecified atom stereocenters. The molecule has 1 aromatic heterocycles. The second kappa shape index (κ2) is 8.76. The monoisotopic (exact) mass is 369 g/mol. The Morgan fingerprint density at radius 1 is 1.40 bits per heavy atom. The van der Waals surface area contributed by atoms with Gasteiger partial charge >= 0.3 is 5.97 Å². The number of nitrogens with zero attached hydrogens (tertiary/aromatic N) is 2. The molecule has 0 spiro atoms. The maximum atomic E-state index is 12.5. The van der Waals surface area contributed by atoms with Gasteiger partial charge < -0.3 is 10.1 Å². The maximum Gasteiger partial charge on any atom is 0.341 e. The molecule has 134 valence electrons. The zero-order valence-corrected chi connectivity index (χ0v) is 14.2. The molecule has 1 N–H and O–H groups in total. The highest BCUT2D eigenvalue weighted by molar-refractivity contribution is 7.99. The summed E-state index contributed by atoms with van der Waals surface area (Å²) in [5.41, 5.74) is -1.06. The van der Waals surface area contributed by atoms with Crippen LogP contribution in [-0.2, 0) is 9.53 Å². The van der Waals surface area contributed by atoms with Crippen LogP contribution in [0.2, 0.25) is 0 Å². The molecular formula is C16H17F2N3O3S. The van der Waals surface area contributed by atoms with Crippen molar-refractivity contribution in [3.8, 4) is 6.07 Å². The number of pyridine rings is 1. The number of esters is 1. The molecule has 2 rings (SSSR count). The molecule has 0 atom stereocenters. The van der Waals surface area contributed by atoms with E-state index in [2.05, 4.69) is 16.4 Å². The van der Waals surface area contributed by atoms with Crippen LogP contribution in [0.4, 0.5) is 8.78 Å². The van der Waals surface area contributed by atoms with Gasteiger partial charge in [-0.2, -0.15) is 14.0 Å². The first kappa shape index (κ1) is 19.1. The zero-order chi connectivity index (χ0) is 18.3. The van der Waals surface area contributed by atoms with Gasteiger partial charge in [0.15, 0.2) is 6.61 Å². The molecule has 0 aromatic carbocycles. The minimum Gasteiger partial charge on any atom is -0.452 e. The molecule has 1 saturated carbocycles. The van der Waals surface area contributed by atoms with Crippen LogP contribution in [0.1, 0.15) is 42.5 Å². The lowest BCUT2D eigenvalue weighted by molar-refractivity contribution is -0.125. The number of alkyl halides is 2. The molecule has 1 aromatic rings. The molecule has 0 radical (unpaired) electrons. The number of hydrogen-bond acceptors (Lipinski definition) is 6. The summed E-state index contributed by atoms with van der Waals surface area (Å²) in [6, 6.07) is 4.85. The third-order valence-corrected chi connectivity index (χ3v) is 4.55. The molecular weight excluding hydrogens is 352 g/mol. The number of carbonyl (C=O) groups is 2. The van der Waals surface area contributed by atoms with E-state index in [9.17, 15) is 23.6 Å². The van der Waals surface area contributed by atoms with E-state index in [1.54, 1.807) is 0 Å². The van der Waals surface area contributed by atoms with Crippen molar-refractivity contribution in [1.82, 2.24) is 10.3 Å². The Labute approximate surface area is 147 Å². The number of halogens is 2. The van der Waals surface area contributed by atoms with Crippen LogP contribution in [-0.4, -0.2) is 34.8 Å². The fourth-order valence-electron chi connectivity index (χ4n) is 2.66. The van der Waals surface area contributed by atoms with E-state index >= 15 is 0 Å². The summed E-state index contributed by atoms with van der Waals surface area (Å²) in [4.78, 5) is 27.7. The fraction of sp³-hybridized carbons (Fsp3) is 0.500. The van der Waals surface area contributed by atoms with Gasteiger partial charge in [0, 0.05) is 6.20 Å². The van der Waals surface area contributed by atoms with Crippen LogP contribution >= 0.6 is 11.8 Å². The number of carbonyl (C=O) groups excluding carboxylic acids is 2. The summed E-state index contributed by atoms with van der Waals surface area (Å²) in [5, 5.41) is 11.8. The topological polar surface area (TPSA) is 92.1 Å². The summed E-state index contributed by atoms with van der Waals surface area (Å²) in [6.07, 6.45) is 5.10. The molecule has 6 nitrogen and oxygen atoms in total. The molecule has 1 heterocycles. The molecule has 1 fully saturated rings. The lowest BCUT2D eigenvalue weighted by Gasteiger charge is -2.31. The van der Waals surface area contributed by atoms with Gasteiger partial charge in [-0.05, 0) is 36.7 Å². The smallest absolute Gasteiger partial charge is 0.341 e. The molecule has 0 saturated heterocycles. The Balaban J connectivity index is 1.94. The van der Waals surface area contributed by atoms with Crippen molar-refractivity contribution >= 4 is 23.6 Å². The summed E-state index contributed by atoms with van der Waals surface area (Å²) in [7, 11) is 0. The Hall–Kier alpha value is -2.21. The van der Waals surface area contributed by atoms with Crippen LogP contribution in [0.15, 0.2) is 23.4 Å². The van der Waals surface area contributed by atoms with E-state index in [0.717, 1.165) is 19.3 Å². The van der Waals surface area contributed by atoms with Gasteiger partial charge in [-0.25, -0.2) is 9.78 Å². The van der Waals surface area contributed by atoms with Gasteiger partial charge in [0.1, 0.15) is 10.6 Å². The molecule has 25 heavy (non-hydrogen) atoms. The van der Waals surface area contributed by atoms with Gasteiger partial charge in [0.2, 0.25) is 0 Å². The Kier molecular flexibility index (Phi) is 6.70. The largest absolute Gasteiger partial charge is 0.452 e. The first-order chi connectivity index (χ1) is 12.0. The second-order valence-corrected chi connectivity index (χ2v) is 6.59. The first-order valence-corrected chi connectivity index (χ1v) is 8.63. The van der Waals surface area contributed by atoms with E-state index in [4.69, 9.17) is 4.74 Å². The molecule has 0 aliphatic heterocycles. The van der Waals surface area contributed by atoms with Crippen molar-refractivity contribution in [2.24, 2.45) is 0 Å². The van der Waals surface area contributed by atoms with E-state index in [1.807, 2.05) is 0 Å². The van der Waals surface area contributed by atoms with Crippen molar-refractivity contribution in [2.45, 2.75) is 48.4 Å². The van der Waals surface area contributed by atoms with Gasteiger partial charge in [-0.15, -0.1) is 0 Å².